The van der Waals surface area contributed by atoms with Crippen LogP contribution in [0.15, 0.2) is 54.6 Å². The molecular weight excluding hydrogens is 374 g/mol. The quantitative estimate of drug-likeness (QED) is 0.535. The van der Waals surface area contributed by atoms with Crippen molar-refractivity contribution < 1.29 is 4.79 Å². The maximum Gasteiger partial charge on any atom is 0.224 e. The fourth-order valence-electron chi connectivity index (χ4n) is 2.67. The predicted molar refractivity (Wildman–Crippen MR) is 114 cm³/mol. The number of hydrogen-bond donors (Lipinski definition) is 3. The number of carbonyl (C=O) groups is 1. The molecule has 0 fully saturated rings. The number of nitrogens with zero attached hydrogens (tertiary/aromatic N) is 2. The van der Waals surface area contributed by atoms with Crippen LogP contribution >= 0.6 is 11.6 Å². The zero-order valence-corrected chi connectivity index (χ0v) is 16.5. The van der Waals surface area contributed by atoms with Crippen molar-refractivity contribution >= 4 is 40.6 Å². The molecule has 0 saturated heterocycles. The molecule has 0 saturated carbocycles. The molecule has 7 heteroatoms. The van der Waals surface area contributed by atoms with Crippen LogP contribution in [0.4, 0.5) is 23.1 Å². The Morgan fingerprint density at radius 1 is 1.00 bits per heavy atom. The number of rotatable bonds is 7. The van der Waals surface area contributed by atoms with Gasteiger partial charge in [-0.3, -0.25) is 4.79 Å². The molecule has 3 N–H and O–H groups in total. The molecule has 3 aromatic rings. The lowest BCUT2D eigenvalue weighted by atomic mass is 10.1. The fourth-order valence-corrected chi connectivity index (χ4v) is 2.80. The minimum absolute atomic E-state index is 0.0959. The largest absolute Gasteiger partial charge is 0.354 e. The molecule has 0 aliphatic carbocycles. The highest BCUT2D eigenvalue weighted by molar-refractivity contribution is 6.30. The summed E-state index contributed by atoms with van der Waals surface area (Å²) in [4.78, 5) is 20.1. The number of nitrogens with one attached hydrogen (secondary N) is 3. The lowest BCUT2D eigenvalue weighted by Crippen LogP contribution is -2.09. The fraction of sp³-hybridized carbons (Fsp3) is 0.190. The van der Waals surface area contributed by atoms with Gasteiger partial charge < -0.3 is 16.0 Å². The van der Waals surface area contributed by atoms with Gasteiger partial charge in [0.05, 0.1) is 0 Å². The molecule has 1 heterocycles. The van der Waals surface area contributed by atoms with E-state index in [1.54, 1.807) is 0 Å². The molecular formula is C21H22ClN5O. The highest BCUT2D eigenvalue weighted by Gasteiger charge is 2.04. The monoisotopic (exact) mass is 395 g/mol. The van der Waals surface area contributed by atoms with Crippen molar-refractivity contribution in [2.24, 2.45) is 0 Å². The first-order valence-electron chi connectivity index (χ1n) is 8.96. The average Bonchev–Trinajstić information content (AvgIpc) is 2.64. The van der Waals surface area contributed by atoms with E-state index < -0.39 is 0 Å². The first kappa shape index (κ1) is 19.6. The van der Waals surface area contributed by atoms with E-state index in [0.29, 0.717) is 11.8 Å². The van der Waals surface area contributed by atoms with E-state index in [4.69, 9.17) is 11.6 Å². The van der Waals surface area contributed by atoms with Crippen molar-refractivity contribution in [2.75, 3.05) is 22.5 Å². The highest BCUT2D eigenvalue weighted by atomic mass is 35.5. The standard InChI is InChI=1S/C21H22ClN5O/c1-14-13-20(26-19-9-7-18(8-10-19)25-15(2)28)27-21(24-14)23-12-11-16-3-5-17(22)6-4-16/h3-10,13H,11-12H2,1-2H3,(H,25,28)(H2,23,24,26,27). The first-order valence-corrected chi connectivity index (χ1v) is 9.34. The summed E-state index contributed by atoms with van der Waals surface area (Å²) < 4.78 is 0. The Labute approximate surface area is 169 Å². The molecule has 0 aliphatic rings. The van der Waals surface area contributed by atoms with E-state index in [0.717, 1.165) is 35.1 Å². The molecule has 144 valence electrons. The van der Waals surface area contributed by atoms with Crippen LogP contribution < -0.4 is 16.0 Å². The number of carbonyl (C=O) groups excluding carboxylic acids is 1. The Hall–Kier alpha value is -3.12. The van der Waals surface area contributed by atoms with Gasteiger partial charge in [0.15, 0.2) is 0 Å². The van der Waals surface area contributed by atoms with Gasteiger partial charge in [-0.25, -0.2) is 4.98 Å². The number of hydrogen-bond acceptors (Lipinski definition) is 5. The Bertz CT molecular complexity index is 942. The van der Waals surface area contributed by atoms with E-state index in [2.05, 4.69) is 25.9 Å². The van der Waals surface area contributed by atoms with Gasteiger partial charge in [0.1, 0.15) is 5.82 Å². The normalized spacial score (nSPS) is 10.4. The van der Waals surface area contributed by atoms with Gasteiger partial charge in [-0.2, -0.15) is 4.98 Å². The summed E-state index contributed by atoms with van der Waals surface area (Å²) in [5.74, 6) is 1.18. The highest BCUT2D eigenvalue weighted by Crippen LogP contribution is 2.19. The van der Waals surface area contributed by atoms with Crippen LogP contribution in [0.1, 0.15) is 18.2 Å². The van der Waals surface area contributed by atoms with Crippen molar-refractivity contribution in [3.8, 4) is 0 Å². The van der Waals surface area contributed by atoms with Gasteiger partial charge in [0, 0.05) is 41.6 Å². The topological polar surface area (TPSA) is 78.9 Å². The third-order valence-electron chi connectivity index (χ3n) is 3.94. The summed E-state index contributed by atoms with van der Waals surface area (Å²) in [5, 5.41) is 10.0. The SMILES string of the molecule is CC(=O)Nc1ccc(Nc2cc(C)nc(NCCc3ccc(Cl)cc3)n2)cc1. The van der Waals surface area contributed by atoms with E-state index >= 15 is 0 Å². The van der Waals surface area contributed by atoms with Gasteiger partial charge in [-0.1, -0.05) is 23.7 Å². The number of aryl methyl sites for hydroxylation is 1. The second kappa shape index (κ2) is 9.19. The van der Waals surface area contributed by atoms with Crippen LogP contribution in [-0.2, 0) is 11.2 Å². The minimum atomic E-state index is -0.0959. The zero-order valence-electron chi connectivity index (χ0n) is 15.8. The number of amides is 1. The van der Waals surface area contributed by atoms with Crippen LogP contribution in [0.2, 0.25) is 5.02 Å². The molecule has 0 atom stereocenters. The van der Waals surface area contributed by atoms with Crippen LogP contribution in [0, 0.1) is 6.92 Å². The van der Waals surface area contributed by atoms with Gasteiger partial charge in [0.25, 0.3) is 0 Å². The number of anilines is 4. The molecule has 28 heavy (non-hydrogen) atoms. The molecule has 0 aliphatic heterocycles. The molecule has 6 nitrogen and oxygen atoms in total. The third kappa shape index (κ3) is 5.96. The summed E-state index contributed by atoms with van der Waals surface area (Å²) >= 11 is 5.91. The number of halogens is 1. The Morgan fingerprint density at radius 2 is 1.68 bits per heavy atom. The molecule has 0 bridgehead atoms. The maximum atomic E-state index is 11.1. The van der Waals surface area contributed by atoms with Crippen LogP contribution in [0.3, 0.4) is 0 Å². The summed E-state index contributed by atoms with van der Waals surface area (Å²) in [6, 6.07) is 17.1. The summed E-state index contributed by atoms with van der Waals surface area (Å²) in [6.45, 7) is 4.13. The average molecular weight is 396 g/mol. The summed E-state index contributed by atoms with van der Waals surface area (Å²) in [5.41, 5.74) is 3.68. The second-order valence-corrected chi connectivity index (χ2v) is 6.84. The molecule has 0 spiro atoms. The predicted octanol–water partition coefficient (Wildman–Crippen LogP) is 4.80. The third-order valence-corrected chi connectivity index (χ3v) is 4.19. The van der Waals surface area contributed by atoms with Crippen molar-refractivity contribution in [2.45, 2.75) is 20.3 Å². The van der Waals surface area contributed by atoms with Gasteiger partial charge in [-0.15, -0.1) is 0 Å². The maximum absolute atomic E-state index is 11.1. The van der Waals surface area contributed by atoms with Crippen LogP contribution in [-0.4, -0.2) is 22.4 Å². The Kier molecular flexibility index (Phi) is 6.45. The summed E-state index contributed by atoms with van der Waals surface area (Å²) in [6.07, 6.45) is 0.849. The Balaban J connectivity index is 1.60. The van der Waals surface area contributed by atoms with Crippen molar-refractivity contribution in [3.05, 3.63) is 70.9 Å². The van der Waals surface area contributed by atoms with E-state index in [9.17, 15) is 4.79 Å². The molecule has 2 aromatic carbocycles. The van der Waals surface area contributed by atoms with Crippen molar-refractivity contribution in [3.63, 3.8) is 0 Å². The van der Waals surface area contributed by atoms with Crippen LogP contribution in [0.25, 0.3) is 0 Å². The lowest BCUT2D eigenvalue weighted by molar-refractivity contribution is -0.114. The van der Waals surface area contributed by atoms with Gasteiger partial charge in [0.2, 0.25) is 11.9 Å². The van der Waals surface area contributed by atoms with Gasteiger partial charge in [-0.05, 0) is 55.3 Å². The molecule has 1 amide bonds. The first-order chi connectivity index (χ1) is 13.5. The van der Waals surface area contributed by atoms with E-state index in [1.165, 1.54) is 12.5 Å². The second-order valence-electron chi connectivity index (χ2n) is 6.40. The lowest BCUT2D eigenvalue weighted by Gasteiger charge is -2.11. The molecule has 0 radical (unpaired) electrons. The number of benzene rings is 2. The zero-order chi connectivity index (χ0) is 19.9. The van der Waals surface area contributed by atoms with E-state index in [1.807, 2.05) is 61.5 Å². The Morgan fingerprint density at radius 3 is 2.36 bits per heavy atom. The van der Waals surface area contributed by atoms with Gasteiger partial charge >= 0.3 is 0 Å². The smallest absolute Gasteiger partial charge is 0.224 e. The van der Waals surface area contributed by atoms with E-state index in [-0.39, 0.29) is 5.91 Å². The molecule has 0 unspecified atom stereocenters. The summed E-state index contributed by atoms with van der Waals surface area (Å²) in [7, 11) is 0. The molecule has 3 rings (SSSR count). The minimum Gasteiger partial charge on any atom is -0.354 e. The molecule has 1 aromatic heterocycles. The van der Waals surface area contributed by atoms with Crippen molar-refractivity contribution in [1.29, 1.82) is 0 Å². The van der Waals surface area contributed by atoms with Crippen LogP contribution in [0.5, 0.6) is 0 Å². The van der Waals surface area contributed by atoms with Crippen molar-refractivity contribution in [1.82, 2.24) is 9.97 Å². The number of aromatic nitrogens is 2.